The van der Waals surface area contributed by atoms with E-state index in [9.17, 15) is 9.70 Å². The highest BCUT2D eigenvalue weighted by molar-refractivity contribution is 5.64. The van der Waals surface area contributed by atoms with Crippen LogP contribution in [0, 0.1) is 4.91 Å². The number of anilines is 1. The van der Waals surface area contributed by atoms with Crippen LogP contribution >= 0.6 is 0 Å². The van der Waals surface area contributed by atoms with E-state index in [1.807, 2.05) is 11.8 Å². The molecule has 0 atom stereocenters. The Morgan fingerprint density at radius 2 is 2.33 bits per heavy atom. The summed E-state index contributed by atoms with van der Waals surface area (Å²) in [6.45, 7) is 6.51. The molecule has 96 valence electrons. The molecule has 0 amide bonds. The standard InChI is InChI=1S/C11H14N4O3/c1-7(2)15-4-5-18-10-9(15)8(6-12-17)11(16)14(3)13-10/h1,4-6H2,2-3H3. The molecule has 2 rings (SSSR count). The predicted molar refractivity (Wildman–Crippen MR) is 66.6 cm³/mol. The molecule has 0 fully saturated rings. The summed E-state index contributed by atoms with van der Waals surface area (Å²) in [7, 11) is 1.51. The van der Waals surface area contributed by atoms with Crippen LogP contribution < -0.4 is 15.2 Å². The van der Waals surface area contributed by atoms with Gasteiger partial charge in [-0.05, 0) is 6.92 Å². The van der Waals surface area contributed by atoms with Crippen molar-refractivity contribution in [3.05, 3.63) is 33.1 Å². The number of ether oxygens (including phenoxy) is 1. The van der Waals surface area contributed by atoms with Crippen molar-refractivity contribution in [1.82, 2.24) is 9.78 Å². The fourth-order valence-electron chi connectivity index (χ4n) is 1.96. The second-order valence-electron chi connectivity index (χ2n) is 4.08. The van der Waals surface area contributed by atoms with Crippen molar-refractivity contribution in [3.8, 4) is 5.88 Å². The Kier molecular flexibility index (Phi) is 3.14. The molecule has 0 spiro atoms. The summed E-state index contributed by atoms with van der Waals surface area (Å²) in [6.07, 6.45) is 0. The normalized spacial score (nSPS) is 13.8. The highest BCUT2D eigenvalue weighted by atomic mass is 16.5. The summed E-state index contributed by atoms with van der Waals surface area (Å²) >= 11 is 0. The first-order chi connectivity index (χ1) is 8.56. The molecule has 0 radical (unpaired) electrons. The zero-order valence-corrected chi connectivity index (χ0v) is 10.3. The minimum Gasteiger partial charge on any atom is -0.473 e. The van der Waals surface area contributed by atoms with Gasteiger partial charge in [-0.2, -0.15) is 4.91 Å². The topological polar surface area (TPSA) is 76.8 Å². The lowest BCUT2D eigenvalue weighted by Gasteiger charge is -2.31. The van der Waals surface area contributed by atoms with E-state index in [1.54, 1.807) is 0 Å². The van der Waals surface area contributed by atoms with Crippen LogP contribution in [0.5, 0.6) is 5.88 Å². The third-order valence-corrected chi connectivity index (χ3v) is 2.79. The van der Waals surface area contributed by atoms with E-state index < -0.39 is 0 Å². The Morgan fingerprint density at radius 1 is 1.61 bits per heavy atom. The molecule has 1 aliphatic rings. The zero-order valence-electron chi connectivity index (χ0n) is 10.3. The Bertz CT molecular complexity index is 564. The number of nitroso groups, excluding NO2 is 1. The molecule has 1 aromatic rings. The maximum Gasteiger partial charge on any atom is 0.274 e. The first-order valence-electron chi connectivity index (χ1n) is 5.51. The highest BCUT2D eigenvalue weighted by Gasteiger charge is 2.26. The van der Waals surface area contributed by atoms with Crippen molar-refractivity contribution < 1.29 is 4.74 Å². The van der Waals surface area contributed by atoms with Crippen molar-refractivity contribution in [1.29, 1.82) is 0 Å². The number of hydrogen-bond acceptors (Lipinski definition) is 6. The van der Waals surface area contributed by atoms with Crippen molar-refractivity contribution in [3.63, 3.8) is 0 Å². The van der Waals surface area contributed by atoms with Crippen LogP contribution in [-0.4, -0.2) is 22.9 Å². The first-order valence-corrected chi connectivity index (χ1v) is 5.51. The Hall–Kier alpha value is -2.18. The number of rotatable bonds is 3. The average molecular weight is 250 g/mol. The van der Waals surface area contributed by atoms with Gasteiger partial charge in [0.25, 0.3) is 11.4 Å². The van der Waals surface area contributed by atoms with Gasteiger partial charge >= 0.3 is 0 Å². The average Bonchev–Trinajstić information content (AvgIpc) is 2.34. The second-order valence-corrected chi connectivity index (χ2v) is 4.08. The summed E-state index contributed by atoms with van der Waals surface area (Å²) in [5, 5.41) is 6.85. The quantitative estimate of drug-likeness (QED) is 0.741. The van der Waals surface area contributed by atoms with Gasteiger partial charge in [-0.1, -0.05) is 11.8 Å². The van der Waals surface area contributed by atoms with E-state index in [-0.39, 0.29) is 12.1 Å². The zero-order chi connectivity index (χ0) is 13.3. The number of hydrogen-bond donors (Lipinski definition) is 0. The molecule has 18 heavy (non-hydrogen) atoms. The summed E-state index contributed by atoms with van der Waals surface area (Å²) in [6, 6.07) is 0. The lowest BCUT2D eigenvalue weighted by molar-refractivity contribution is 0.289. The molecule has 7 nitrogen and oxygen atoms in total. The molecule has 0 unspecified atom stereocenters. The van der Waals surface area contributed by atoms with Gasteiger partial charge in [-0.15, -0.1) is 5.10 Å². The van der Waals surface area contributed by atoms with Gasteiger partial charge < -0.3 is 9.64 Å². The third-order valence-electron chi connectivity index (χ3n) is 2.79. The van der Waals surface area contributed by atoms with Gasteiger partial charge in [-0.3, -0.25) is 4.79 Å². The number of aryl methyl sites for hydroxylation is 1. The largest absolute Gasteiger partial charge is 0.473 e. The minimum atomic E-state index is -0.342. The Balaban J connectivity index is 2.70. The molecule has 1 aromatic heterocycles. The van der Waals surface area contributed by atoms with Crippen LogP contribution in [0.2, 0.25) is 0 Å². The lowest BCUT2D eigenvalue weighted by atomic mass is 10.2. The van der Waals surface area contributed by atoms with E-state index in [0.717, 1.165) is 10.4 Å². The summed E-state index contributed by atoms with van der Waals surface area (Å²) in [5.74, 6) is 0.338. The summed E-state index contributed by atoms with van der Waals surface area (Å²) in [4.78, 5) is 24.3. The van der Waals surface area contributed by atoms with Crippen LogP contribution in [0.15, 0.2) is 22.2 Å². The molecule has 2 heterocycles. The summed E-state index contributed by atoms with van der Waals surface area (Å²) < 4.78 is 6.58. The smallest absolute Gasteiger partial charge is 0.274 e. The summed E-state index contributed by atoms with van der Waals surface area (Å²) in [5.41, 5.74) is 1.23. The Morgan fingerprint density at radius 3 is 2.94 bits per heavy atom. The highest BCUT2D eigenvalue weighted by Crippen LogP contribution is 2.33. The van der Waals surface area contributed by atoms with Crippen LogP contribution in [-0.2, 0) is 13.6 Å². The maximum absolute atomic E-state index is 12.0. The third kappa shape index (κ3) is 1.87. The van der Waals surface area contributed by atoms with Gasteiger partial charge in [-0.25, -0.2) is 4.68 Å². The van der Waals surface area contributed by atoms with Gasteiger partial charge in [0, 0.05) is 12.7 Å². The van der Waals surface area contributed by atoms with E-state index in [0.29, 0.717) is 30.3 Å². The SMILES string of the molecule is C=C(C)N1CCOc2nn(C)c(=O)c(CN=O)c21. The van der Waals surface area contributed by atoms with Crippen molar-refractivity contribution in [2.75, 3.05) is 18.1 Å². The van der Waals surface area contributed by atoms with Gasteiger partial charge in [0.15, 0.2) is 0 Å². The van der Waals surface area contributed by atoms with E-state index in [2.05, 4.69) is 16.9 Å². The second kappa shape index (κ2) is 4.59. The van der Waals surface area contributed by atoms with E-state index >= 15 is 0 Å². The molecule has 0 bridgehead atoms. The van der Waals surface area contributed by atoms with Crippen LogP contribution in [0.25, 0.3) is 0 Å². The van der Waals surface area contributed by atoms with Gasteiger partial charge in [0.05, 0.1) is 12.1 Å². The fraction of sp³-hybridized carbons (Fsp3) is 0.455. The number of aromatic nitrogens is 2. The van der Waals surface area contributed by atoms with Crippen LogP contribution in [0.3, 0.4) is 0 Å². The molecule has 0 saturated carbocycles. The van der Waals surface area contributed by atoms with E-state index in [1.165, 1.54) is 7.05 Å². The van der Waals surface area contributed by atoms with Gasteiger partial charge in [0.2, 0.25) is 0 Å². The molecule has 0 aliphatic carbocycles. The predicted octanol–water partition coefficient (Wildman–Crippen LogP) is 0.779. The first kappa shape index (κ1) is 12.3. The molecule has 0 saturated heterocycles. The number of nitrogens with zero attached hydrogens (tertiary/aromatic N) is 4. The van der Waals surface area contributed by atoms with Crippen LogP contribution in [0.4, 0.5) is 5.69 Å². The molecular weight excluding hydrogens is 236 g/mol. The van der Waals surface area contributed by atoms with Gasteiger partial charge in [0.1, 0.15) is 18.8 Å². The molecule has 0 N–H and O–H groups in total. The Labute approximate surface area is 104 Å². The van der Waals surface area contributed by atoms with Crippen molar-refractivity contribution in [2.24, 2.45) is 12.2 Å². The fourth-order valence-corrected chi connectivity index (χ4v) is 1.96. The molecule has 0 aromatic carbocycles. The van der Waals surface area contributed by atoms with Crippen LogP contribution in [0.1, 0.15) is 12.5 Å². The number of fused-ring (bicyclic) bond motifs is 1. The maximum atomic E-state index is 12.0. The lowest BCUT2D eigenvalue weighted by Crippen LogP contribution is -2.36. The molecule has 1 aliphatic heterocycles. The molecule has 7 heteroatoms. The van der Waals surface area contributed by atoms with Crippen molar-refractivity contribution >= 4 is 5.69 Å². The monoisotopic (exact) mass is 250 g/mol. The number of allylic oxidation sites excluding steroid dienone is 1. The molecular formula is C11H14N4O3. The minimum absolute atomic E-state index is 0.204. The van der Waals surface area contributed by atoms with Crippen molar-refractivity contribution in [2.45, 2.75) is 13.5 Å². The van der Waals surface area contributed by atoms with E-state index in [4.69, 9.17) is 4.74 Å².